The molecule has 0 aromatic heterocycles. The van der Waals surface area contributed by atoms with Gasteiger partial charge in [-0.3, -0.25) is 0 Å². The van der Waals surface area contributed by atoms with Crippen molar-refractivity contribution in [3.8, 4) is 6.07 Å². The van der Waals surface area contributed by atoms with Crippen molar-refractivity contribution >= 4 is 27.5 Å². The number of amidine groups is 1. The Labute approximate surface area is 110 Å². The number of aliphatic imine (C=N–C) groups is 1. The number of benzene rings is 1. The summed E-state index contributed by atoms with van der Waals surface area (Å²) in [6.45, 7) is 1.05. The smallest absolute Gasteiger partial charge is 0.105 e. The van der Waals surface area contributed by atoms with Gasteiger partial charge in [-0.2, -0.15) is 5.26 Å². The molecule has 1 fully saturated rings. The van der Waals surface area contributed by atoms with Crippen molar-refractivity contribution in [1.82, 2.24) is 4.90 Å². The molecule has 17 heavy (non-hydrogen) atoms. The summed E-state index contributed by atoms with van der Waals surface area (Å²) in [5.41, 5.74) is 1.38. The first-order chi connectivity index (χ1) is 8.20. The van der Waals surface area contributed by atoms with E-state index in [0.29, 0.717) is 5.56 Å². The van der Waals surface area contributed by atoms with Gasteiger partial charge in [-0.1, -0.05) is 15.9 Å². The normalized spacial score (nSPS) is 18.2. The molecule has 0 bridgehead atoms. The molecule has 0 radical (unpaired) electrons. The number of hydrogen-bond acceptors (Lipinski definition) is 2. The van der Waals surface area contributed by atoms with Crippen LogP contribution in [0.4, 0.5) is 5.69 Å². The van der Waals surface area contributed by atoms with Gasteiger partial charge in [0.05, 0.1) is 11.3 Å². The highest BCUT2D eigenvalue weighted by molar-refractivity contribution is 9.10. The number of halogens is 1. The molecule has 1 saturated heterocycles. The SMILES string of the molecule is CN1CCCCC1=Nc1ccc(Br)cc1C#N. The molecule has 1 aliphatic rings. The van der Waals surface area contributed by atoms with Crippen LogP contribution >= 0.6 is 15.9 Å². The maximum Gasteiger partial charge on any atom is 0.105 e. The first-order valence-electron chi connectivity index (χ1n) is 5.69. The zero-order valence-electron chi connectivity index (χ0n) is 9.78. The molecular formula is C13H14BrN3. The van der Waals surface area contributed by atoms with Crippen molar-refractivity contribution in [2.45, 2.75) is 19.3 Å². The summed E-state index contributed by atoms with van der Waals surface area (Å²) in [6.07, 6.45) is 3.40. The molecule has 0 atom stereocenters. The zero-order chi connectivity index (χ0) is 12.3. The summed E-state index contributed by atoms with van der Waals surface area (Å²) in [5.74, 6) is 1.08. The van der Waals surface area contributed by atoms with E-state index in [9.17, 15) is 0 Å². The van der Waals surface area contributed by atoms with Crippen LogP contribution in [0.25, 0.3) is 0 Å². The van der Waals surface area contributed by atoms with Crippen molar-refractivity contribution in [3.63, 3.8) is 0 Å². The van der Waals surface area contributed by atoms with Gasteiger partial charge in [0.25, 0.3) is 0 Å². The van der Waals surface area contributed by atoms with Gasteiger partial charge in [0.2, 0.25) is 0 Å². The Bertz CT molecular complexity index is 488. The molecule has 0 N–H and O–H groups in total. The van der Waals surface area contributed by atoms with Crippen LogP contribution in [-0.2, 0) is 0 Å². The third-order valence-corrected chi connectivity index (χ3v) is 3.41. The molecule has 2 rings (SSSR count). The predicted octanol–water partition coefficient (Wildman–Crippen LogP) is 3.47. The van der Waals surface area contributed by atoms with Gasteiger partial charge in [-0.05, 0) is 31.0 Å². The van der Waals surface area contributed by atoms with Crippen molar-refractivity contribution in [3.05, 3.63) is 28.2 Å². The van der Waals surface area contributed by atoms with Crippen LogP contribution in [-0.4, -0.2) is 24.3 Å². The van der Waals surface area contributed by atoms with Crippen LogP contribution in [0.1, 0.15) is 24.8 Å². The highest BCUT2D eigenvalue weighted by atomic mass is 79.9. The lowest BCUT2D eigenvalue weighted by Crippen LogP contribution is -2.31. The number of nitriles is 1. The van der Waals surface area contributed by atoms with Gasteiger partial charge in [-0.15, -0.1) is 0 Å². The van der Waals surface area contributed by atoms with Crippen LogP contribution < -0.4 is 0 Å². The van der Waals surface area contributed by atoms with Crippen molar-refractivity contribution < 1.29 is 0 Å². The molecule has 88 valence electrons. The molecule has 1 aromatic carbocycles. The fourth-order valence-electron chi connectivity index (χ4n) is 1.93. The Balaban J connectivity index is 2.34. The lowest BCUT2D eigenvalue weighted by atomic mass is 10.1. The fraction of sp³-hybridized carbons (Fsp3) is 0.385. The summed E-state index contributed by atoms with van der Waals surface area (Å²) in [6, 6.07) is 7.80. The molecular weight excluding hydrogens is 278 g/mol. The first kappa shape index (κ1) is 12.1. The van der Waals surface area contributed by atoms with Crippen LogP contribution in [0.2, 0.25) is 0 Å². The van der Waals surface area contributed by atoms with E-state index in [-0.39, 0.29) is 0 Å². The molecule has 1 aliphatic heterocycles. The summed E-state index contributed by atoms with van der Waals surface area (Å²) in [4.78, 5) is 6.78. The second-order valence-corrected chi connectivity index (χ2v) is 5.10. The Morgan fingerprint density at radius 2 is 2.24 bits per heavy atom. The van der Waals surface area contributed by atoms with E-state index in [2.05, 4.69) is 38.9 Å². The van der Waals surface area contributed by atoms with E-state index in [0.717, 1.165) is 29.0 Å². The van der Waals surface area contributed by atoms with Crippen LogP contribution in [0.15, 0.2) is 27.7 Å². The Hall–Kier alpha value is -1.34. The monoisotopic (exact) mass is 291 g/mol. The summed E-state index contributed by atoms with van der Waals surface area (Å²) in [5, 5.41) is 9.08. The first-order valence-corrected chi connectivity index (χ1v) is 6.48. The van der Waals surface area contributed by atoms with Gasteiger partial charge < -0.3 is 4.90 Å². The molecule has 4 heteroatoms. The lowest BCUT2D eigenvalue weighted by molar-refractivity contribution is 0.434. The quantitative estimate of drug-likeness (QED) is 0.795. The summed E-state index contributed by atoms with van der Waals surface area (Å²) < 4.78 is 0.912. The van der Waals surface area contributed by atoms with Crippen molar-refractivity contribution in [2.24, 2.45) is 4.99 Å². The third-order valence-electron chi connectivity index (χ3n) is 2.91. The highest BCUT2D eigenvalue weighted by Gasteiger charge is 2.13. The Morgan fingerprint density at radius 1 is 1.41 bits per heavy atom. The maximum atomic E-state index is 9.08. The van der Waals surface area contributed by atoms with Gasteiger partial charge in [0, 0.05) is 24.5 Å². The molecule has 0 aliphatic carbocycles. The van der Waals surface area contributed by atoms with E-state index in [1.165, 1.54) is 12.8 Å². The van der Waals surface area contributed by atoms with Crippen LogP contribution in [0.3, 0.4) is 0 Å². The number of rotatable bonds is 1. The second kappa shape index (κ2) is 5.33. The molecule has 0 spiro atoms. The molecule has 1 aromatic rings. The average Bonchev–Trinajstić information content (AvgIpc) is 2.34. The molecule has 3 nitrogen and oxygen atoms in total. The van der Waals surface area contributed by atoms with Crippen molar-refractivity contribution in [2.75, 3.05) is 13.6 Å². The van der Waals surface area contributed by atoms with Crippen LogP contribution in [0, 0.1) is 11.3 Å². The minimum Gasteiger partial charge on any atom is -0.363 e. The third kappa shape index (κ3) is 2.86. The van der Waals surface area contributed by atoms with Gasteiger partial charge in [-0.25, -0.2) is 4.99 Å². The zero-order valence-corrected chi connectivity index (χ0v) is 11.4. The molecule has 0 saturated carbocycles. The van der Waals surface area contributed by atoms with Gasteiger partial charge in [0.15, 0.2) is 0 Å². The van der Waals surface area contributed by atoms with Crippen molar-refractivity contribution in [1.29, 1.82) is 5.26 Å². The van der Waals surface area contributed by atoms with E-state index in [4.69, 9.17) is 5.26 Å². The van der Waals surface area contributed by atoms with E-state index >= 15 is 0 Å². The van der Waals surface area contributed by atoms with Crippen LogP contribution in [0.5, 0.6) is 0 Å². The number of likely N-dealkylation sites (tertiary alicyclic amines) is 1. The standard InChI is InChI=1S/C13H14BrN3/c1-17-7-3-2-4-13(17)16-12-6-5-11(14)8-10(12)9-15/h5-6,8H,2-4,7H2,1H3. The maximum absolute atomic E-state index is 9.08. The minimum absolute atomic E-state index is 0.617. The fourth-order valence-corrected chi connectivity index (χ4v) is 2.29. The minimum atomic E-state index is 0.617. The van der Waals surface area contributed by atoms with E-state index in [1.54, 1.807) is 0 Å². The predicted molar refractivity (Wildman–Crippen MR) is 72.4 cm³/mol. The summed E-state index contributed by atoms with van der Waals surface area (Å²) in [7, 11) is 2.06. The average molecular weight is 292 g/mol. The molecule has 0 amide bonds. The van der Waals surface area contributed by atoms with E-state index in [1.807, 2.05) is 18.2 Å². The van der Waals surface area contributed by atoms with E-state index < -0.39 is 0 Å². The topological polar surface area (TPSA) is 39.4 Å². The Kier molecular flexibility index (Phi) is 3.80. The number of piperidine rings is 1. The lowest BCUT2D eigenvalue weighted by Gasteiger charge is -2.26. The largest absolute Gasteiger partial charge is 0.363 e. The number of nitrogens with zero attached hydrogens (tertiary/aromatic N) is 3. The molecule has 0 unspecified atom stereocenters. The number of hydrogen-bond donors (Lipinski definition) is 0. The second-order valence-electron chi connectivity index (χ2n) is 4.18. The van der Waals surface area contributed by atoms with Gasteiger partial charge in [0.1, 0.15) is 11.9 Å². The van der Waals surface area contributed by atoms with Gasteiger partial charge >= 0.3 is 0 Å². The summed E-state index contributed by atoms with van der Waals surface area (Å²) >= 11 is 3.36. The molecule has 1 heterocycles. The Morgan fingerprint density at radius 3 is 2.94 bits per heavy atom. The highest BCUT2D eigenvalue weighted by Crippen LogP contribution is 2.24.